The molecule has 0 unspecified atom stereocenters. The van der Waals surface area contributed by atoms with Crippen LogP contribution in [-0.2, 0) is 21.2 Å². The summed E-state index contributed by atoms with van der Waals surface area (Å²) in [5.41, 5.74) is 0.382. The lowest BCUT2D eigenvalue weighted by Gasteiger charge is -2.29. The van der Waals surface area contributed by atoms with E-state index in [2.05, 4.69) is 5.32 Å². The Morgan fingerprint density at radius 1 is 0.939 bits per heavy atom. The lowest BCUT2D eigenvalue weighted by atomic mass is 9.95. The number of carbonyl (C=O) groups excluding carboxylic acids is 1. The summed E-state index contributed by atoms with van der Waals surface area (Å²) < 4.78 is 27.7. The van der Waals surface area contributed by atoms with E-state index in [1.165, 1.54) is 36.4 Å². The summed E-state index contributed by atoms with van der Waals surface area (Å²) in [6, 6.07) is 22.4. The van der Waals surface area contributed by atoms with Crippen LogP contribution in [-0.4, -0.2) is 31.3 Å². The SMILES string of the molecule is CC(C)(Cc1ccccc1)NC(=O)CN(c1ccc([N+](=O)[O-])cc1)S(=O)(=O)c1ccccc1. The molecule has 0 radical (unpaired) electrons. The lowest BCUT2D eigenvalue weighted by Crippen LogP contribution is -2.50. The van der Waals surface area contributed by atoms with Crippen LogP contribution in [0, 0.1) is 10.1 Å². The smallest absolute Gasteiger partial charge is 0.269 e. The highest BCUT2D eigenvalue weighted by Crippen LogP contribution is 2.26. The van der Waals surface area contributed by atoms with Gasteiger partial charge in [-0.1, -0.05) is 48.5 Å². The lowest BCUT2D eigenvalue weighted by molar-refractivity contribution is -0.384. The summed E-state index contributed by atoms with van der Waals surface area (Å²) in [4.78, 5) is 23.4. The van der Waals surface area contributed by atoms with E-state index >= 15 is 0 Å². The Balaban J connectivity index is 1.87. The highest BCUT2D eigenvalue weighted by Gasteiger charge is 2.29. The Hall–Kier alpha value is -3.72. The largest absolute Gasteiger partial charge is 0.349 e. The fraction of sp³-hybridized carbons (Fsp3) is 0.208. The minimum absolute atomic E-state index is 0.0136. The van der Waals surface area contributed by atoms with Crippen molar-refractivity contribution in [3.8, 4) is 0 Å². The molecule has 9 heteroatoms. The van der Waals surface area contributed by atoms with Crippen molar-refractivity contribution < 1.29 is 18.1 Å². The highest BCUT2D eigenvalue weighted by atomic mass is 32.2. The first-order chi connectivity index (χ1) is 15.6. The third-order valence-corrected chi connectivity index (χ3v) is 6.72. The molecule has 0 saturated heterocycles. The Morgan fingerprint density at radius 2 is 1.48 bits per heavy atom. The van der Waals surface area contributed by atoms with Crippen molar-refractivity contribution in [2.75, 3.05) is 10.8 Å². The maximum atomic E-state index is 13.4. The van der Waals surface area contributed by atoms with Crippen LogP contribution in [0.2, 0.25) is 0 Å². The van der Waals surface area contributed by atoms with Crippen LogP contribution in [0.1, 0.15) is 19.4 Å². The number of sulfonamides is 1. The van der Waals surface area contributed by atoms with E-state index in [4.69, 9.17) is 0 Å². The van der Waals surface area contributed by atoms with Crippen molar-refractivity contribution in [2.24, 2.45) is 0 Å². The molecular formula is C24H25N3O5S. The molecule has 3 rings (SSSR count). The maximum Gasteiger partial charge on any atom is 0.269 e. The molecule has 0 saturated carbocycles. The van der Waals surface area contributed by atoms with Gasteiger partial charge in [0, 0.05) is 17.7 Å². The molecule has 0 atom stereocenters. The maximum absolute atomic E-state index is 13.4. The Labute approximate surface area is 193 Å². The number of anilines is 1. The number of benzene rings is 3. The molecule has 0 spiro atoms. The minimum Gasteiger partial charge on any atom is -0.349 e. The van der Waals surface area contributed by atoms with Crippen molar-refractivity contribution in [2.45, 2.75) is 30.7 Å². The second-order valence-corrected chi connectivity index (χ2v) is 10.1. The van der Waals surface area contributed by atoms with Crippen LogP contribution >= 0.6 is 0 Å². The number of amides is 1. The first-order valence-corrected chi connectivity index (χ1v) is 11.7. The molecule has 3 aromatic rings. The highest BCUT2D eigenvalue weighted by molar-refractivity contribution is 7.92. The molecule has 0 aliphatic carbocycles. The summed E-state index contributed by atoms with van der Waals surface area (Å²) in [5.74, 6) is -0.492. The topological polar surface area (TPSA) is 110 Å². The Bertz CT molecular complexity index is 1210. The molecule has 8 nitrogen and oxygen atoms in total. The number of carbonyl (C=O) groups is 1. The monoisotopic (exact) mass is 467 g/mol. The average molecular weight is 468 g/mol. The molecule has 0 heterocycles. The summed E-state index contributed by atoms with van der Waals surface area (Å²) in [5, 5.41) is 13.9. The molecule has 172 valence electrons. The predicted molar refractivity (Wildman–Crippen MR) is 126 cm³/mol. The van der Waals surface area contributed by atoms with Gasteiger partial charge < -0.3 is 5.32 Å². The van der Waals surface area contributed by atoms with E-state index in [1.807, 2.05) is 44.2 Å². The molecule has 0 bridgehead atoms. The van der Waals surface area contributed by atoms with Crippen LogP contribution in [0.5, 0.6) is 0 Å². The predicted octanol–water partition coefficient (Wildman–Crippen LogP) is 3.93. The molecule has 0 aliphatic heterocycles. The van der Waals surface area contributed by atoms with Crippen molar-refractivity contribution >= 4 is 27.3 Å². The van der Waals surface area contributed by atoms with E-state index in [9.17, 15) is 23.3 Å². The van der Waals surface area contributed by atoms with Gasteiger partial charge in [0.2, 0.25) is 5.91 Å². The normalized spacial score (nSPS) is 11.6. The van der Waals surface area contributed by atoms with E-state index in [0.29, 0.717) is 6.42 Å². The zero-order valence-corrected chi connectivity index (χ0v) is 19.2. The van der Waals surface area contributed by atoms with Gasteiger partial charge in [0.15, 0.2) is 0 Å². The van der Waals surface area contributed by atoms with E-state index in [1.54, 1.807) is 18.2 Å². The van der Waals surface area contributed by atoms with Gasteiger partial charge in [-0.25, -0.2) is 8.42 Å². The standard InChI is InChI=1S/C24H25N3O5S/c1-24(2,17-19-9-5-3-6-10-19)25-23(28)18-26(20-13-15-21(16-14-20)27(29)30)33(31,32)22-11-7-4-8-12-22/h3-16H,17-18H2,1-2H3,(H,25,28). The molecule has 0 aliphatic rings. The summed E-state index contributed by atoms with van der Waals surface area (Å²) in [6.07, 6.45) is 0.558. The van der Waals surface area contributed by atoms with Gasteiger partial charge in [-0.05, 0) is 50.1 Å². The third kappa shape index (κ3) is 6.17. The second-order valence-electron chi connectivity index (χ2n) is 8.19. The van der Waals surface area contributed by atoms with Gasteiger partial charge in [0.1, 0.15) is 6.54 Å². The number of hydrogen-bond donors (Lipinski definition) is 1. The average Bonchev–Trinajstić information content (AvgIpc) is 2.78. The number of hydrogen-bond acceptors (Lipinski definition) is 5. The van der Waals surface area contributed by atoms with E-state index in [0.717, 1.165) is 9.87 Å². The molecule has 0 aromatic heterocycles. The molecule has 1 amide bonds. The van der Waals surface area contributed by atoms with Gasteiger partial charge in [-0.2, -0.15) is 0 Å². The Kier molecular flexibility index (Phi) is 7.13. The summed E-state index contributed by atoms with van der Waals surface area (Å²) in [6.45, 7) is 3.24. The van der Waals surface area contributed by atoms with Gasteiger partial charge in [0.05, 0.1) is 15.5 Å². The number of rotatable bonds is 9. The van der Waals surface area contributed by atoms with E-state index < -0.39 is 32.9 Å². The number of nitro groups is 1. The van der Waals surface area contributed by atoms with Gasteiger partial charge in [-0.15, -0.1) is 0 Å². The molecule has 3 aromatic carbocycles. The molecule has 1 N–H and O–H groups in total. The van der Waals surface area contributed by atoms with Gasteiger partial charge in [-0.3, -0.25) is 19.2 Å². The van der Waals surface area contributed by atoms with Crippen LogP contribution in [0.4, 0.5) is 11.4 Å². The summed E-state index contributed by atoms with van der Waals surface area (Å²) >= 11 is 0. The zero-order chi connectivity index (χ0) is 24.1. The zero-order valence-electron chi connectivity index (χ0n) is 18.3. The fourth-order valence-corrected chi connectivity index (χ4v) is 4.92. The van der Waals surface area contributed by atoms with Gasteiger partial charge in [0.25, 0.3) is 15.7 Å². The van der Waals surface area contributed by atoms with Crippen LogP contribution in [0.15, 0.2) is 89.8 Å². The van der Waals surface area contributed by atoms with Crippen molar-refractivity contribution in [3.05, 3.63) is 101 Å². The quantitative estimate of drug-likeness (QED) is 0.379. The molecule has 0 fully saturated rings. The van der Waals surface area contributed by atoms with E-state index in [-0.39, 0.29) is 16.3 Å². The van der Waals surface area contributed by atoms with Crippen molar-refractivity contribution in [1.82, 2.24) is 5.32 Å². The second kappa shape index (κ2) is 9.83. The van der Waals surface area contributed by atoms with Crippen molar-refractivity contribution in [1.29, 1.82) is 0 Å². The van der Waals surface area contributed by atoms with Crippen molar-refractivity contribution in [3.63, 3.8) is 0 Å². The number of non-ortho nitro benzene ring substituents is 1. The first kappa shape index (κ1) is 23.9. The Morgan fingerprint density at radius 3 is 2.03 bits per heavy atom. The minimum atomic E-state index is -4.09. The number of nitrogens with one attached hydrogen (secondary N) is 1. The number of nitrogens with zero attached hydrogens (tertiary/aromatic N) is 2. The summed E-state index contributed by atoms with van der Waals surface area (Å²) in [7, 11) is -4.09. The fourth-order valence-electron chi connectivity index (χ4n) is 3.47. The van der Waals surface area contributed by atoms with Crippen LogP contribution in [0.3, 0.4) is 0 Å². The third-order valence-electron chi connectivity index (χ3n) is 4.93. The molecular weight excluding hydrogens is 442 g/mol. The first-order valence-electron chi connectivity index (χ1n) is 10.3. The van der Waals surface area contributed by atoms with Crippen LogP contribution in [0.25, 0.3) is 0 Å². The molecule has 33 heavy (non-hydrogen) atoms. The van der Waals surface area contributed by atoms with Gasteiger partial charge >= 0.3 is 0 Å². The number of nitro benzene ring substituents is 1. The van der Waals surface area contributed by atoms with Crippen LogP contribution < -0.4 is 9.62 Å².